The van der Waals surface area contributed by atoms with Crippen LogP contribution in [0.15, 0.2) is 54.6 Å². The van der Waals surface area contributed by atoms with E-state index in [9.17, 15) is 9.59 Å². The fourth-order valence-corrected chi connectivity index (χ4v) is 3.37. The number of amides is 2. The number of benzene rings is 2. The molecule has 2 aromatic rings. The highest BCUT2D eigenvalue weighted by Gasteiger charge is 2.20. The highest BCUT2D eigenvalue weighted by atomic mass is 16.2. The van der Waals surface area contributed by atoms with Crippen molar-refractivity contribution in [2.24, 2.45) is 0 Å². The number of likely N-dealkylation sites (N-methyl/N-ethyl adjacent to an activating group) is 1. The summed E-state index contributed by atoms with van der Waals surface area (Å²) < 4.78 is 0. The molecule has 1 fully saturated rings. The first-order valence-electron chi connectivity index (χ1n) is 10.5. The molecular weight excluding hydrogens is 374 g/mol. The van der Waals surface area contributed by atoms with E-state index in [0.717, 1.165) is 37.3 Å². The van der Waals surface area contributed by atoms with Crippen LogP contribution >= 0.6 is 0 Å². The lowest BCUT2D eigenvalue weighted by Crippen LogP contribution is -2.47. The fourth-order valence-electron chi connectivity index (χ4n) is 3.37. The molecular formula is C25H31N3O2. The summed E-state index contributed by atoms with van der Waals surface area (Å²) in [4.78, 5) is 28.8. The molecule has 0 aliphatic carbocycles. The van der Waals surface area contributed by atoms with Crippen molar-refractivity contribution in [3.63, 3.8) is 0 Å². The van der Waals surface area contributed by atoms with Gasteiger partial charge >= 0.3 is 0 Å². The number of carbonyl (C=O) groups excluding carboxylic acids is 2. The monoisotopic (exact) mass is 405 g/mol. The fraction of sp³-hybridized carbons (Fsp3) is 0.360. The zero-order valence-electron chi connectivity index (χ0n) is 18.1. The van der Waals surface area contributed by atoms with Gasteiger partial charge in [0.1, 0.15) is 0 Å². The van der Waals surface area contributed by atoms with Crippen molar-refractivity contribution in [2.45, 2.75) is 26.3 Å². The van der Waals surface area contributed by atoms with Crippen LogP contribution in [-0.4, -0.2) is 54.8 Å². The molecule has 5 nitrogen and oxygen atoms in total. The van der Waals surface area contributed by atoms with Crippen LogP contribution in [-0.2, 0) is 11.3 Å². The molecule has 0 bridgehead atoms. The first-order chi connectivity index (χ1) is 14.4. The second-order valence-corrected chi connectivity index (χ2v) is 8.16. The molecule has 0 atom stereocenters. The topological polar surface area (TPSA) is 52.7 Å². The summed E-state index contributed by atoms with van der Waals surface area (Å²) in [7, 11) is 2.07. The Morgan fingerprint density at radius 1 is 0.967 bits per heavy atom. The summed E-state index contributed by atoms with van der Waals surface area (Å²) in [5, 5.41) is 2.89. The lowest BCUT2D eigenvalue weighted by Gasteiger charge is -2.32. The first kappa shape index (κ1) is 21.8. The van der Waals surface area contributed by atoms with Crippen molar-refractivity contribution in [1.29, 1.82) is 0 Å². The van der Waals surface area contributed by atoms with Gasteiger partial charge in [-0.05, 0) is 47.9 Å². The molecule has 0 aromatic heterocycles. The maximum Gasteiger partial charge on any atom is 0.253 e. The van der Waals surface area contributed by atoms with Crippen LogP contribution in [0.1, 0.15) is 46.8 Å². The Morgan fingerprint density at radius 2 is 1.60 bits per heavy atom. The lowest BCUT2D eigenvalue weighted by molar-refractivity contribution is -0.116. The predicted octanol–water partition coefficient (Wildman–Crippen LogP) is 3.53. The zero-order valence-corrected chi connectivity index (χ0v) is 18.1. The van der Waals surface area contributed by atoms with E-state index in [0.29, 0.717) is 18.0 Å². The molecule has 1 heterocycles. The second kappa shape index (κ2) is 10.2. The second-order valence-electron chi connectivity index (χ2n) is 8.16. The Labute approximate surface area is 179 Å². The SMILES string of the molecule is CC(C)c1ccc(C=CC(=O)NCc2ccc(C(=O)N3CCN(C)CC3)cc2)cc1. The van der Waals surface area contributed by atoms with Gasteiger partial charge in [-0.1, -0.05) is 50.2 Å². The number of hydrogen-bond acceptors (Lipinski definition) is 3. The third kappa shape index (κ3) is 6.04. The summed E-state index contributed by atoms with van der Waals surface area (Å²) >= 11 is 0. The van der Waals surface area contributed by atoms with Crippen molar-refractivity contribution in [3.05, 3.63) is 76.9 Å². The van der Waals surface area contributed by atoms with E-state index in [2.05, 4.69) is 43.2 Å². The summed E-state index contributed by atoms with van der Waals surface area (Å²) in [5.74, 6) is 0.431. The minimum Gasteiger partial charge on any atom is -0.348 e. The maximum absolute atomic E-state index is 12.6. The number of carbonyl (C=O) groups is 2. The Morgan fingerprint density at radius 3 is 2.20 bits per heavy atom. The van der Waals surface area contributed by atoms with Crippen LogP contribution in [0.2, 0.25) is 0 Å². The molecule has 0 spiro atoms. The molecule has 1 N–H and O–H groups in total. The van der Waals surface area contributed by atoms with Crippen LogP contribution in [0.25, 0.3) is 6.08 Å². The lowest BCUT2D eigenvalue weighted by atomic mass is 10.0. The van der Waals surface area contributed by atoms with Gasteiger partial charge in [-0.3, -0.25) is 9.59 Å². The Kier molecular flexibility index (Phi) is 7.41. The third-order valence-electron chi connectivity index (χ3n) is 5.49. The number of rotatable bonds is 6. The van der Waals surface area contributed by atoms with E-state index in [-0.39, 0.29) is 11.8 Å². The Balaban J connectivity index is 1.48. The van der Waals surface area contributed by atoms with E-state index < -0.39 is 0 Å². The molecule has 1 saturated heterocycles. The van der Waals surface area contributed by atoms with Crippen molar-refractivity contribution < 1.29 is 9.59 Å². The van der Waals surface area contributed by atoms with E-state index >= 15 is 0 Å². The van der Waals surface area contributed by atoms with E-state index in [1.165, 1.54) is 5.56 Å². The average molecular weight is 406 g/mol. The Hall–Kier alpha value is -2.92. The molecule has 0 radical (unpaired) electrons. The first-order valence-corrected chi connectivity index (χ1v) is 10.5. The minimum atomic E-state index is -0.138. The van der Waals surface area contributed by atoms with Crippen molar-refractivity contribution in [2.75, 3.05) is 33.2 Å². The van der Waals surface area contributed by atoms with Gasteiger partial charge in [-0.15, -0.1) is 0 Å². The molecule has 1 aliphatic heterocycles. The molecule has 1 aliphatic rings. The summed E-state index contributed by atoms with van der Waals surface area (Å²) in [6.07, 6.45) is 3.37. The number of hydrogen-bond donors (Lipinski definition) is 1. The van der Waals surface area contributed by atoms with Gasteiger partial charge in [-0.2, -0.15) is 0 Å². The van der Waals surface area contributed by atoms with Gasteiger partial charge in [-0.25, -0.2) is 0 Å². The van der Waals surface area contributed by atoms with Gasteiger partial charge in [0.25, 0.3) is 5.91 Å². The normalized spacial score (nSPS) is 15.0. The largest absolute Gasteiger partial charge is 0.348 e. The molecule has 0 unspecified atom stereocenters. The van der Waals surface area contributed by atoms with Crippen LogP contribution in [0.3, 0.4) is 0 Å². The van der Waals surface area contributed by atoms with Crippen molar-refractivity contribution in [3.8, 4) is 0 Å². The van der Waals surface area contributed by atoms with E-state index in [1.54, 1.807) is 6.08 Å². The van der Waals surface area contributed by atoms with Crippen LogP contribution in [0.4, 0.5) is 0 Å². The molecule has 30 heavy (non-hydrogen) atoms. The summed E-state index contributed by atoms with van der Waals surface area (Å²) in [5.41, 5.74) is 3.94. The predicted molar refractivity (Wildman–Crippen MR) is 121 cm³/mol. The molecule has 5 heteroatoms. The van der Waals surface area contributed by atoms with E-state index in [1.807, 2.05) is 47.4 Å². The molecule has 3 rings (SSSR count). The average Bonchev–Trinajstić information content (AvgIpc) is 2.77. The van der Waals surface area contributed by atoms with Crippen molar-refractivity contribution in [1.82, 2.24) is 15.1 Å². The Bertz CT molecular complexity index is 878. The summed E-state index contributed by atoms with van der Waals surface area (Å²) in [6, 6.07) is 15.7. The minimum absolute atomic E-state index is 0.0742. The van der Waals surface area contributed by atoms with Gasteiger partial charge < -0.3 is 15.1 Å². The maximum atomic E-state index is 12.6. The van der Waals surface area contributed by atoms with Gasteiger partial charge in [0.15, 0.2) is 0 Å². The molecule has 0 saturated carbocycles. The quantitative estimate of drug-likeness (QED) is 0.748. The van der Waals surface area contributed by atoms with Crippen LogP contribution < -0.4 is 5.32 Å². The summed E-state index contributed by atoms with van der Waals surface area (Å²) in [6.45, 7) is 8.09. The van der Waals surface area contributed by atoms with E-state index in [4.69, 9.17) is 0 Å². The van der Waals surface area contributed by atoms with Crippen molar-refractivity contribution >= 4 is 17.9 Å². The number of piperazine rings is 1. The van der Waals surface area contributed by atoms with Gasteiger partial charge in [0.2, 0.25) is 5.91 Å². The number of nitrogens with one attached hydrogen (secondary N) is 1. The molecule has 158 valence electrons. The van der Waals surface area contributed by atoms with Crippen LogP contribution in [0.5, 0.6) is 0 Å². The van der Waals surface area contributed by atoms with Gasteiger partial charge in [0.05, 0.1) is 0 Å². The number of nitrogens with zero attached hydrogens (tertiary/aromatic N) is 2. The zero-order chi connectivity index (χ0) is 21.5. The van der Waals surface area contributed by atoms with Gasteiger partial charge in [0, 0.05) is 44.4 Å². The molecule has 2 aromatic carbocycles. The highest BCUT2D eigenvalue weighted by Crippen LogP contribution is 2.15. The molecule has 2 amide bonds. The standard InChI is InChI=1S/C25H31N3O2/c1-19(2)22-9-4-20(5-10-22)8-13-24(29)26-18-21-6-11-23(12-7-21)25(30)28-16-14-27(3)15-17-28/h4-13,19H,14-18H2,1-3H3,(H,26,29). The smallest absolute Gasteiger partial charge is 0.253 e. The highest BCUT2D eigenvalue weighted by molar-refractivity contribution is 5.94. The third-order valence-corrected chi connectivity index (χ3v) is 5.49. The van der Waals surface area contributed by atoms with Crippen LogP contribution in [0, 0.1) is 0 Å².